The van der Waals surface area contributed by atoms with Crippen LogP contribution in [0.25, 0.3) is 0 Å². The SMILES string of the molecule is CC(=O)SC1CC(=O)N([C@H](Cc2ccccc2)[C@H](O)C(=O)O)C1. The Morgan fingerprint density at radius 1 is 1.35 bits per heavy atom. The Morgan fingerprint density at radius 2 is 2.00 bits per heavy atom. The third-order valence-electron chi connectivity index (χ3n) is 3.76. The number of hydrogen-bond acceptors (Lipinski definition) is 5. The number of hydrogen-bond donors (Lipinski definition) is 2. The summed E-state index contributed by atoms with van der Waals surface area (Å²) in [5, 5.41) is 18.9. The van der Waals surface area contributed by atoms with Gasteiger partial charge in [0.25, 0.3) is 0 Å². The number of carboxylic acids is 1. The third-order valence-corrected chi connectivity index (χ3v) is 4.74. The van der Waals surface area contributed by atoms with Gasteiger partial charge in [0.15, 0.2) is 11.2 Å². The number of nitrogens with zero attached hydrogens (tertiary/aromatic N) is 1. The van der Waals surface area contributed by atoms with Gasteiger partial charge in [0.2, 0.25) is 5.91 Å². The van der Waals surface area contributed by atoms with E-state index in [2.05, 4.69) is 0 Å². The summed E-state index contributed by atoms with van der Waals surface area (Å²) in [7, 11) is 0. The molecule has 0 saturated carbocycles. The molecule has 7 heteroatoms. The van der Waals surface area contributed by atoms with Gasteiger partial charge in [-0.2, -0.15) is 0 Å². The molecular formula is C16H19NO5S. The topological polar surface area (TPSA) is 94.9 Å². The second-order valence-corrected chi connectivity index (χ2v) is 7.00. The highest BCUT2D eigenvalue weighted by atomic mass is 32.2. The lowest BCUT2D eigenvalue weighted by Gasteiger charge is -2.30. The highest BCUT2D eigenvalue weighted by Gasteiger charge is 2.40. The van der Waals surface area contributed by atoms with Gasteiger partial charge in [-0.3, -0.25) is 9.59 Å². The number of carbonyl (C=O) groups is 3. The molecule has 1 unspecified atom stereocenters. The van der Waals surface area contributed by atoms with E-state index in [-0.39, 0.29) is 35.7 Å². The predicted molar refractivity (Wildman–Crippen MR) is 86.0 cm³/mol. The molecule has 0 aliphatic carbocycles. The number of rotatable bonds is 6. The standard InChI is InChI=1S/C16H19NO5S/c1-10(18)23-12-8-14(19)17(9-12)13(15(20)16(21)22)7-11-5-3-2-4-6-11/h2-6,12-13,15,20H,7-9H2,1H3,(H,21,22)/t12?,13-,15+/m1/s1. The highest BCUT2D eigenvalue weighted by Crippen LogP contribution is 2.27. The Balaban J connectivity index is 2.18. The molecule has 1 aromatic rings. The number of carbonyl (C=O) groups excluding carboxylic acids is 2. The molecule has 1 heterocycles. The van der Waals surface area contributed by atoms with Crippen LogP contribution < -0.4 is 0 Å². The van der Waals surface area contributed by atoms with Gasteiger partial charge in [-0.05, 0) is 12.0 Å². The van der Waals surface area contributed by atoms with Crippen LogP contribution in [0.1, 0.15) is 18.9 Å². The summed E-state index contributed by atoms with van der Waals surface area (Å²) in [5.74, 6) is -1.59. The van der Waals surface area contributed by atoms with Gasteiger partial charge in [0, 0.05) is 25.1 Å². The molecular weight excluding hydrogens is 318 g/mol. The van der Waals surface area contributed by atoms with Crippen molar-refractivity contribution in [2.45, 2.75) is 37.2 Å². The Morgan fingerprint density at radius 3 is 2.57 bits per heavy atom. The molecule has 2 N–H and O–H groups in total. The molecule has 23 heavy (non-hydrogen) atoms. The molecule has 124 valence electrons. The summed E-state index contributed by atoms with van der Waals surface area (Å²) in [5.41, 5.74) is 0.841. The van der Waals surface area contributed by atoms with Gasteiger partial charge < -0.3 is 15.1 Å². The smallest absolute Gasteiger partial charge is 0.334 e. The van der Waals surface area contributed by atoms with E-state index in [1.54, 1.807) is 0 Å². The molecule has 1 aliphatic rings. The first-order valence-electron chi connectivity index (χ1n) is 7.30. The molecule has 1 aliphatic heterocycles. The first-order chi connectivity index (χ1) is 10.9. The van der Waals surface area contributed by atoms with E-state index in [4.69, 9.17) is 5.11 Å². The van der Waals surface area contributed by atoms with Crippen molar-refractivity contribution in [3.8, 4) is 0 Å². The van der Waals surface area contributed by atoms with E-state index in [0.717, 1.165) is 17.3 Å². The first-order valence-corrected chi connectivity index (χ1v) is 8.18. The average Bonchev–Trinajstić information content (AvgIpc) is 2.84. The van der Waals surface area contributed by atoms with Crippen molar-refractivity contribution in [1.82, 2.24) is 4.90 Å². The summed E-state index contributed by atoms with van der Waals surface area (Å²) in [6.07, 6.45) is -1.24. The van der Waals surface area contributed by atoms with Crippen LogP contribution in [0.2, 0.25) is 0 Å². The Hall–Kier alpha value is -1.86. The number of likely N-dealkylation sites (tertiary alicyclic amines) is 1. The fourth-order valence-corrected chi connectivity index (χ4v) is 3.67. The van der Waals surface area contributed by atoms with Crippen molar-refractivity contribution in [2.75, 3.05) is 6.54 Å². The number of amides is 1. The summed E-state index contributed by atoms with van der Waals surface area (Å²) in [6, 6.07) is 8.28. The van der Waals surface area contributed by atoms with Crippen LogP contribution in [0.15, 0.2) is 30.3 Å². The predicted octanol–water partition coefficient (Wildman–Crippen LogP) is 0.924. The summed E-state index contributed by atoms with van der Waals surface area (Å²) in [6.45, 7) is 1.70. The normalized spacial score (nSPS) is 20.3. The third kappa shape index (κ3) is 4.56. The summed E-state index contributed by atoms with van der Waals surface area (Å²) < 4.78 is 0. The lowest BCUT2D eigenvalue weighted by atomic mass is 10.00. The van der Waals surface area contributed by atoms with Crippen molar-refractivity contribution in [1.29, 1.82) is 0 Å². The molecule has 3 atom stereocenters. The van der Waals surface area contributed by atoms with E-state index < -0.39 is 18.1 Å². The average molecular weight is 337 g/mol. The Kier molecular flexibility index (Phi) is 5.79. The van der Waals surface area contributed by atoms with Crippen molar-refractivity contribution < 1.29 is 24.6 Å². The number of benzene rings is 1. The molecule has 2 rings (SSSR count). The van der Waals surface area contributed by atoms with Gasteiger partial charge in [0.1, 0.15) is 0 Å². The number of aliphatic hydroxyl groups excluding tert-OH is 1. The minimum Gasteiger partial charge on any atom is -0.479 e. The number of aliphatic carboxylic acids is 1. The zero-order chi connectivity index (χ0) is 17.0. The van der Waals surface area contributed by atoms with Crippen LogP contribution in [-0.4, -0.2) is 56.0 Å². The zero-order valence-electron chi connectivity index (χ0n) is 12.7. The van der Waals surface area contributed by atoms with Gasteiger partial charge in [-0.1, -0.05) is 42.1 Å². The van der Waals surface area contributed by atoms with E-state index >= 15 is 0 Å². The minimum absolute atomic E-state index is 0.0805. The molecule has 0 radical (unpaired) electrons. The maximum Gasteiger partial charge on any atom is 0.334 e. The quantitative estimate of drug-likeness (QED) is 0.802. The van der Waals surface area contributed by atoms with Crippen molar-refractivity contribution in [3.63, 3.8) is 0 Å². The molecule has 1 saturated heterocycles. The number of carboxylic acid groups (broad SMARTS) is 1. The maximum atomic E-state index is 12.2. The van der Waals surface area contributed by atoms with E-state index in [9.17, 15) is 19.5 Å². The largest absolute Gasteiger partial charge is 0.479 e. The second kappa shape index (κ2) is 7.61. The van der Waals surface area contributed by atoms with Gasteiger partial charge in [0.05, 0.1) is 6.04 Å². The maximum absolute atomic E-state index is 12.2. The van der Waals surface area contributed by atoms with Crippen LogP contribution in [0.3, 0.4) is 0 Å². The number of thioether (sulfide) groups is 1. The summed E-state index contributed by atoms with van der Waals surface area (Å²) >= 11 is 1.08. The fraction of sp³-hybridized carbons (Fsp3) is 0.438. The zero-order valence-corrected chi connectivity index (χ0v) is 13.5. The van der Waals surface area contributed by atoms with Crippen LogP contribution in [0, 0.1) is 0 Å². The monoisotopic (exact) mass is 337 g/mol. The lowest BCUT2D eigenvalue weighted by molar-refractivity contribution is -0.152. The van der Waals surface area contributed by atoms with E-state index in [0.29, 0.717) is 0 Å². The van der Waals surface area contributed by atoms with E-state index in [1.165, 1.54) is 11.8 Å². The molecule has 1 amide bonds. The minimum atomic E-state index is -1.67. The van der Waals surface area contributed by atoms with Crippen LogP contribution in [-0.2, 0) is 20.8 Å². The van der Waals surface area contributed by atoms with E-state index in [1.807, 2.05) is 30.3 Å². The molecule has 0 aromatic heterocycles. The molecule has 1 aromatic carbocycles. The number of aliphatic hydroxyl groups is 1. The highest BCUT2D eigenvalue weighted by molar-refractivity contribution is 8.14. The fourth-order valence-electron chi connectivity index (χ4n) is 2.74. The van der Waals surface area contributed by atoms with Crippen molar-refractivity contribution in [2.24, 2.45) is 0 Å². The van der Waals surface area contributed by atoms with Crippen LogP contribution >= 0.6 is 11.8 Å². The van der Waals surface area contributed by atoms with Crippen molar-refractivity contribution >= 4 is 28.8 Å². The van der Waals surface area contributed by atoms with Gasteiger partial charge >= 0.3 is 5.97 Å². The Labute approximate surface area is 138 Å². The van der Waals surface area contributed by atoms with Gasteiger partial charge in [-0.15, -0.1) is 0 Å². The van der Waals surface area contributed by atoms with Gasteiger partial charge in [-0.25, -0.2) is 4.79 Å². The molecule has 6 nitrogen and oxygen atoms in total. The first kappa shape index (κ1) is 17.5. The van der Waals surface area contributed by atoms with Crippen molar-refractivity contribution in [3.05, 3.63) is 35.9 Å². The summed E-state index contributed by atoms with van der Waals surface area (Å²) in [4.78, 5) is 36.0. The molecule has 0 spiro atoms. The second-order valence-electron chi connectivity index (χ2n) is 5.52. The Bertz CT molecular complexity index is 591. The van der Waals surface area contributed by atoms with Crippen LogP contribution in [0.4, 0.5) is 0 Å². The molecule has 1 fully saturated rings. The van der Waals surface area contributed by atoms with Crippen LogP contribution in [0.5, 0.6) is 0 Å². The molecule has 0 bridgehead atoms. The lowest BCUT2D eigenvalue weighted by Crippen LogP contribution is -2.49.